The summed E-state index contributed by atoms with van der Waals surface area (Å²) in [5.41, 5.74) is 4.46. The van der Waals surface area contributed by atoms with Crippen molar-refractivity contribution in [3.8, 4) is 0 Å². The SMILES string of the molecule is CCONCC1Cc2ccccc2S1. The largest absolute Gasteiger partial charge is 0.302 e. The molecule has 0 spiro atoms. The molecule has 3 heteroatoms. The van der Waals surface area contributed by atoms with Crippen LogP contribution < -0.4 is 5.48 Å². The molecule has 0 saturated heterocycles. The van der Waals surface area contributed by atoms with Crippen molar-refractivity contribution in [2.24, 2.45) is 0 Å². The maximum atomic E-state index is 5.13. The van der Waals surface area contributed by atoms with Gasteiger partial charge in [0.05, 0.1) is 6.61 Å². The van der Waals surface area contributed by atoms with E-state index in [0.717, 1.165) is 19.6 Å². The molecule has 0 radical (unpaired) electrons. The number of thioether (sulfide) groups is 1. The molecule has 0 aromatic heterocycles. The van der Waals surface area contributed by atoms with Gasteiger partial charge in [-0.25, -0.2) is 5.48 Å². The van der Waals surface area contributed by atoms with E-state index in [2.05, 4.69) is 29.7 Å². The van der Waals surface area contributed by atoms with Crippen molar-refractivity contribution >= 4 is 11.8 Å². The van der Waals surface area contributed by atoms with E-state index in [1.54, 1.807) is 0 Å². The summed E-state index contributed by atoms with van der Waals surface area (Å²) < 4.78 is 0. The zero-order valence-corrected chi connectivity index (χ0v) is 9.14. The summed E-state index contributed by atoms with van der Waals surface area (Å²) in [6.07, 6.45) is 1.15. The molecule has 14 heavy (non-hydrogen) atoms. The molecule has 1 aromatic carbocycles. The minimum atomic E-state index is 0.624. The third-order valence-electron chi connectivity index (χ3n) is 2.27. The number of benzene rings is 1. The lowest BCUT2D eigenvalue weighted by Crippen LogP contribution is -2.24. The monoisotopic (exact) mass is 209 g/mol. The molecule has 0 fully saturated rings. The normalized spacial score (nSPS) is 19.6. The van der Waals surface area contributed by atoms with Gasteiger partial charge in [-0.15, -0.1) is 11.8 Å². The van der Waals surface area contributed by atoms with E-state index in [-0.39, 0.29) is 0 Å². The van der Waals surface area contributed by atoms with Crippen LogP contribution in [0.15, 0.2) is 29.2 Å². The van der Waals surface area contributed by atoms with Crippen LogP contribution >= 0.6 is 11.8 Å². The van der Waals surface area contributed by atoms with Crippen molar-refractivity contribution in [2.45, 2.75) is 23.5 Å². The molecule has 2 rings (SSSR count). The Balaban J connectivity index is 1.86. The summed E-state index contributed by atoms with van der Waals surface area (Å²) in [4.78, 5) is 6.56. The standard InChI is InChI=1S/C11H15NOS/c1-2-13-12-8-10-7-9-5-3-4-6-11(9)14-10/h3-6,10,12H,2,7-8H2,1H3. The highest BCUT2D eigenvalue weighted by Crippen LogP contribution is 2.36. The molecule has 1 aliphatic rings. The molecule has 76 valence electrons. The molecule has 1 heterocycles. The van der Waals surface area contributed by atoms with Crippen LogP contribution in [0.2, 0.25) is 0 Å². The third kappa shape index (κ3) is 2.29. The van der Waals surface area contributed by atoms with E-state index in [0.29, 0.717) is 5.25 Å². The average Bonchev–Trinajstić information content (AvgIpc) is 2.60. The molecular formula is C11H15NOS. The van der Waals surface area contributed by atoms with Crippen LogP contribution in [0.5, 0.6) is 0 Å². The lowest BCUT2D eigenvalue weighted by Gasteiger charge is -2.08. The summed E-state index contributed by atoms with van der Waals surface area (Å²) >= 11 is 1.94. The van der Waals surface area contributed by atoms with Crippen molar-refractivity contribution < 1.29 is 4.84 Å². The molecule has 1 atom stereocenters. The molecule has 0 amide bonds. The minimum absolute atomic E-state index is 0.624. The molecular weight excluding hydrogens is 194 g/mol. The smallest absolute Gasteiger partial charge is 0.0653 e. The lowest BCUT2D eigenvalue weighted by atomic mass is 10.1. The molecule has 0 bridgehead atoms. The summed E-state index contributed by atoms with van der Waals surface area (Å²) in [7, 11) is 0. The zero-order chi connectivity index (χ0) is 9.80. The first-order chi connectivity index (χ1) is 6.90. The van der Waals surface area contributed by atoms with E-state index in [1.165, 1.54) is 10.5 Å². The van der Waals surface area contributed by atoms with Crippen molar-refractivity contribution in [2.75, 3.05) is 13.2 Å². The van der Waals surface area contributed by atoms with E-state index in [4.69, 9.17) is 4.84 Å². The van der Waals surface area contributed by atoms with E-state index in [1.807, 2.05) is 18.7 Å². The van der Waals surface area contributed by atoms with Crippen molar-refractivity contribution in [1.29, 1.82) is 0 Å². The van der Waals surface area contributed by atoms with Crippen LogP contribution in [0.1, 0.15) is 12.5 Å². The molecule has 0 aliphatic carbocycles. The van der Waals surface area contributed by atoms with E-state index in [9.17, 15) is 0 Å². The highest BCUT2D eigenvalue weighted by molar-refractivity contribution is 8.00. The van der Waals surface area contributed by atoms with Crippen LogP contribution in [-0.4, -0.2) is 18.4 Å². The van der Waals surface area contributed by atoms with Gasteiger partial charge in [0.25, 0.3) is 0 Å². The Bertz CT molecular complexity index is 278. The Morgan fingerprint density at radius 3 is 3.14 bits per heavy atom. The Morgan fingerprint density at radius 1 is 1.50 bits per heavy atom. The van der Waals surface area contributed by atoms with Gasteiger partial charge in [-0.05, 0) is 25.0 Å². The zero-order valence-electron chi connectivity index (χ0n) is 8.32. The van der Waals surface area contributed by atoms with Gasteiger partial charge in [-0.1, -0.05) is 18.2 Å². The second kappa shape index (κ2) is 4.82. The summed E-state index contributed by atoms with van der Waals surface area (Å²) in [6, 6.07) is 8.62. The third-order valence-corrected chi connectivity index (χ3v) is 3.59. The fraction of sp³-hybridized carbons (Fsp3) is 0.455. The number of hydroxylamine groups is 1. The Labute approximate surface area is 89.0 Å². The van der Waals surface area contributed by atoms with Gasteiger partial charge in [-0.2, -0.15) is 0 Å². The van der Waals surface area contributed by atoms with Crippen molar-refractivity contribution in [3.63, 3.8) is 0 Å². The Kier molecular flexibility index (Phi) is 3.45. The second-order valence-electron chi connectivity index (χ2n) is 3.33. The number of nitrogens with one attached hydrogen (secondary N) is 1. The molecule has 1 aromatic rings. The van der Waals surface area contributed by atoms with Crippen LogP contribution in [0.4, 0.5) is 0 Å². The van der Waals surface area contributed by atoms with Crippen molar-refractivity contribution in [3.05, 3.63) is 29.8 Å². The van der Waals surface area contributed by atoms with Crippen LogP contribution in [-0.2, 0) is 11.3 Å². The fourth-order valence-corrected chi connectivity index (χ4v) is 2.85. The first kappa shape index (κ1) is 10.0. The van der Waals surface area contributed by atoms with Crippen molar-refractivity contribution in [1.82, 2.24) is 5.48 Å². The summed E-state index contributed by atoms with van der Waals surface area (Å²) in [5, 5.41) is 0.624. The average molecular weight is 209 g/mol. The topological polar surface area (TPSA) is 21.3 Å². The molecule has 1 N–H and O–H groups in total. The van der Waals surface area contributed by atoms with Gasteiger partial charge < -0.3 is 4.84 Å². The molecule has 1 aliphatic heterocycles. The van der Waals surface area contributed by atoms with Crippen LogP contribution in [0.25, 0.3) is 0 Å². The van der Waals surface area contributed by atoms with E-state index < -0.39 is 0 Å². The minimum Gasteiger partial charge on any atom is -0.302 e. The highest BCUT2D eigenvalue weighted by Gasteiger charge is 2.20. The first-order valence-electron chi connectivity index (χ1n) is 4.99. The predicted molar refractivity (Wildman–Crippen MR) is 59.4 cm³/mol. The van der Waals surface area contributed by atoms with Gasteiger partial charge in [0.2, 0.25) is 0 Å². The summed E-state index contributed by atoms with van der Waals surface area (Å²) in [5.74, 6) is 0. The Morgan fingerprint density at radius 2 is 2.36 bits per heavy atom. The fourth-order valence-electron chi connectivity index (χ4n) is 1.62. The summed E-state index contributed by atoms with van der Waals surface area (Å²) in [6.45, 7) is 3.64. The maximum absolute atomic E-state index is 5.13. The number of hydrogen-bond acceptors (Lipinski definition) is 3. The van der Waals surface area contributed by atoms with Crippen LogP contribution in [0, 0.1) is 0 Å². The number of rotatable bonds is 4. The number of hydrogen-bond donors (Lipinski definition) is 1. The van der Waals surface area contributed by atoms with Gasteiger partial charge in [-0.3, -0.25) is 0 Å². The van der Waals surface area contributed by atoms with Gasteiger partial charge in [0.15, 0.2) is 0 Å². The first-order valence-corrected chi connectivity index (χ1v) is 5.87. The quantitative estimate of drug-likeness (QED) is 0.607. The maximum Gasteiger partial charge on any atom is 0.0653 e. The van der Waals surface area contributed by atoms with E-state index >= 15 is 0 Å². The molecule has 2 nitrogen and oxygen atoms in total. The molecule has 1 unspecified atom stereocenters. The molecule has 0 saturated carbocycles. The Hall–Kier alpha value is -0.510. The van der Waals surface area contributed by atoms with Gasteiger partial charge in [0, 0.05) is 16.7 Å². The van der Waals surface area contributed by atoms with Gasteiger partial charge >= 0.3 is 0 Å². The van der Waals surface area contributed by atoms with Gasteiger partial charge in [0.1, 0.15) is 0 Å². The lowest BCUT2D eigenvalue weighted by molar-refractivity contribution is 0.0516. The van der Waals surface area contributed by atoms with Crippen LogP contribution in [0.3, 0.4) is 0 Å². The highest BCUT2D eigenvalue weighted by atomic mass is 32.2. The predicted octanol–water partition coefficient (Wildman–Crippen LogP) is 2.24. The second-order valence-corrected chi connectivity index (χ2v) is 4.68. The number of fused-ring (bicyclic) bond motifs is 1.